The van der Waals surface area contributed by atoms with Crippen molar-refractivity contribution in [3.05, 3.63) is 41.0 Å². The quantitative estimate of drug-likeness (QED) is 0.505. The van der Waals surface area contributed by atoms with E-state index >= 15 is 0 Å². The van der Waals surface area contributed by atoms with E-state index in [2.05, 4.69) is 13.8 Å². The van der Waals surface area contributed by atoms with Crippen LogP contribution < -0.4 is 0 Å². The number of hydrogen-bond donors (Lipinski definition) is 0. The van der Waals surface area contributed by atoms with Gasteiger partial charge in [0.1, 0.15) is 0 Å². The van der Waals surface area contributed by atoms with Crippen LogP contribution in [0, 0.1) is 0 Å². The van der Waals surface area contributed by atoms with E-state index in [1.165, 1.54) is 0 Å². The lowest BCUT2D eigenvalue weighted by Gasteiger charge is -2.31. The van der Waals surface area contributed by atoms with Crippen molar-refractivity contribution in [2.75, 3.05) is 0 Å². The Hall–Kier alpha value is -1.90. The molecule has 17 heavy (non-hydrogen) atoms. The van der Waals surface area contributed by atoms with E-state index in [-0.39, 0.29) is 5.41 Å². The van der Waals surface area contributed by atoms with Gasteiger partial charge in [-0.25, -0.2) is 9.59 Å². The molecule has 1 heterocycles. The Balaban J connectivity index is 2.32. The van der Waals surface area contributed by atoms with Gasteiger partial charge in [0.2, 0.25) is 0 Å². The molecule has 0 fully saturated rings. The predicted molar refractivity (Wildman–Crippen MR) is 62.1 cm³/mol. The summed E-state index contributed by atoms with van der Waals surface area (Å²) in [5.74, 6) is -0.986. The fraction of sp³-hybridized carbons (Fsp3) is 0.286. The minimum absolute atomic E-state index is 0.140. The lowest BCUT2D eigenvalue weighted by atomic mass is 9.70. The summed E-state index contributed by atoms with van der Waals surface area (Å²) in [5, 5.41) is 0. The standard InChI is InChI=1S/C14H12O3/c1-14(2)7-9-11(13(16)17-12(9)15)8-5-3-4-6-10(8)14/h3-6H,7H2,1-2H3. The minimum Gasteiger partial charge on any atom is -0.386 e. The van der Waals surface area contributed by atoms with E-state index < -0.39 is 11.9 Å². The molecule has 1 aromatic rings. The fourth-order valence-electron chi connectivity index (χ4n) is 2.68. The van der Waals surface area contributed by atoms with Gasteiger partial charge in [-0.2, -0.15) is 0 Å². The van der Waals surface area contributed by atoms with Gasteiger partial charge in [0.05, 0.1) is 11.1 Å². The van der Waals surface area contributed by atoms with Gasteiger partial charge in [-0.1, -0.05) is 38.1 Å². The summed E-state index contributed by atoms with van der Waals surface area (Å²) in [5.41, 5.74) is 2.79. The Labute approximate surface area is 99.1 Å². The number of carbonyl (C=O) groups is 2. The maximum atomic E-state index is 11.7. The molecule has 1 aliphatic carbocycles. The highest BCUT2D eigenvalue weighted by atomic mass is 16.6. The van der Waals surface area contributed by atoms with Crippen LogP contribution in [0.4, 0.5) is 0 Å². The number of esters is 2. The van der Waals surface area contributed by atoms with Crippen molar-refractivity contribution in [3.63, 3.8) is 0 Å². The Morgan fingerprint density at radius 1 is 1.12 bits per heavy atom. The zero-order chi connectivity index (χ0) is 12.2. The van der Waals surface area contributed by atoms with Crippen LogP contribution in [0.2, 0.25) is 0 Å². The van der Waals surface area contributed by atoms with Crippen LogP contribution in [0.1, 0.15) is 31.4 Å². The van der Waals surface area contributed by atoms with Crippen molar-refractivity contribution < 1.29 is 14.3 Å². The van der Waals surface area contributed by atoms with Crippen molar-refractivity contribution in [3.8, 4) is 0 Å². The number of rotatable bonds is 0. The molecule has 0 saturated heterocycles. The zero-order valence-corrected chi connectivity index (χ0v) is 9.74. The fourth-order valence-corrected chi connectivity index (χ4v) is 2.68. The third-order valence-electron chi connectivity index (χ3n) is 3.48. The topological polar surface area (TPSA) is 43.4 Å². The van der Waals surface area contributed by atoms with Crippen molar-refractivity contribution in [2.24, 2.45) is 0 Å². The lowest BCUT2D eigenvalue weighted by molar-refractivity contribution is -0.150. The van der Waals surface area contributed by atoms with E-state index in [9.17, 15) is 9.59 Å². The number of ether oxygens (including phenoxy) is 1. The summed E-state index contributed by atoms with van der Waals surface area (Å²) in [6.45, 7) is 4.15. The normalized spacial score (nSPS) is 21.1. The van der Waals surface area contributed by atoms with Gasteiger partial charge in [0.25, 0.3) is 0 Å². The molecular formula is C14H12O3. The van der Waals surface area contributed by atoms with E-state index in [4.69, 9.17) is 4.74 Å². The van der Waals surface area contributed by atoms with Crippen LogP contribution in [-0.4, -0.2) is 11.9 Å². The molecule has 0 saturated carbocycles. The van der Waals surface area contributed by atoms with Gasteiger partial charge in [0, 0.05) is 0 Å². The first kappa shape index (κ1) is 10.3. The molecule has 3 rings (SSSR count). The molecule has 0 spiro atoms. The molecule has 1 aromatic carbocycles. The molecule has 0 N–H and O–H groups in total. The average Bonchev–Trinajstić information content (AvgIpc) is 2.54. The molecule has 3 heteroatoms. The summed E-state index contributed by atoms with van der Waals surface area (Å²) in [6.07, 6.45) is 0.559. The van der Waals surface area contributed by atoms with Gasteiger partial charge < -0.3 is 4.74 Å². The third-order valence-corrected chi connectivity index (χ3v) is 3.48. The van der Waals surface area contributed by atoms with Crippen LogP contribution >= 0.6 is 0 Å². The number of benzene rings is 1. The molecular weight excluding hydrogens is 216 g/mol. The Kier molecular flexibility index (Phi) is 1.85. The Morgan fingerprint density at radius 2 is 1.82 bits per heavy atom. The van der Waals surface area contributed by atoms with Crippen molar-refractivity contribution >= 4 is 17.5 Å². The SMILES string of the molecule is CC1(C)CC2=C(C(=O)OC2=O)c2ccccc21. The van der Waals surface area contributed by atoms with Crippen LogP contribution in [0.3, 0.4) is 0 Å². The van der Waals surface area contributed by atoms with E-state index in [0.717, 1.165) is 11.1 Å². The monoisotopic (exact) mass is 228 g/mol. The Bertz CT molecular complexity index is 579. The maximum absolute atomic E-state index is 11.7. The Morgan fingerprint density at radius 3 is 2.59 bits per heavy atom. The summed E-state index contributed by atoms with van der Waals surface area (Å²) < 4.78 is 4.71. The summed E-state index contributed by atoms with van der Waals surface area (Å²) >= 11 is 0. The van der Waals surface area contributed by atoms with Gasteiger partial charge in [0.15, 0.2) is 0 Å². The van der Waals surface area contributed by atoms with E-state index in [0.29, 0.717) is 17.6 Å². The lowest BCUT2D eigenvalue weighted by Crippen LogP contribution is -2.25. The third kappa shape index (κ3) is 1.28. The number of carbonyl (C=O) groups excluding carboxylic acids is 2. The predicted octanol–water partition coefficient (Wildman–Crippen LogP) is 2.20. The molecule has 2 aliphatic rings. The van der Waals surface area contributed by atoms with E-state index in [1.807, 2.05) is 24.3 Å². The average molecular weight is 228 g/mol. The highest BCUT2D eigenvalue weighted by Gasteiger charge is 2.43. The van der Waals surface area contributed by atoms with Crippen molar-refractivity contribution in [1.29, 1.82) is 0 Å². The van der Waals surface area contributed by atoms with Crippen molar-refractivity contribution in [1.82, 2.24) is 0 Å². The van der Waals surface area contributed by atoms with Crippen LogP contribution in [0.5, 0.6) is 0 Å². The molecule has 0 aromatic heterocycles. The molecule has 86 valence electrons. The molecule has 0 bridgehead atoms. The summed E-state index contributed by atoms with van der Waals surface area (Å²) in [4.78, 5) is 23.3. The number of hydrogen-bond acceptors (Lipinski definition) is 3. The molecule has 1 aliphatic heterocycles. The second kappa shape index (κ2) is 3.06. The van der Waals surface area contributed by atoms with Gasteiger partial charge in [-0.15, -0.1) is 0 Å². The largest absolute Gasteiger partial charge is 0.386 e. The molecule has 0 unspecified atom stereocenters. The maximum Gasteiger partial charge on any atom is 0.347 e. The van der Waals surface area contributed by atoms with Gasteiger partial charge in [-0.05, 0) is 23.0 Å². The summed E-state index contributed by atoms with van der Waals surface area (Å²) in [6, 6.07) is 7.72. The highest BCUT2D eigenvalue weighted by Crippen LogP contribution is 2.45. The first-order valence-electron chi connectivity index (χ1n) is 5.60. The number of fused-ring (bicyclic) bond motifs is 2. The van der Waals surface area contributed by atoms with E-state index in [1.54, 1.807) is 0 Å². The molecule has 3 nitrogen and oxygen atoms in total. The smallest absolute Gasteiger partial charge is 0.347 e. The van der Waals surface area contributed by atoms with Gasteiger partial charge >= 0.3 is 11.9 Å². The molecule has 0 amide bonds. The van der Waals surface area contributed by atoms with Crippen molar-refractivity contribution in [2.45, 2.75) is 25.7 Å². The van der Waals surface area contributed by atoms with Crippen LogP contribution in [0.15, 0.2) is 29.8 Å². The molecule has 0 atom stereocenters. The van der Waals surface area contributed by atoms with Gasteiger partial charge in [-0.3, -0.25) is 0 Å². The second-order valence-electron chi connectivity index (χ2n) is 5.14. The van der Waals surface area contributed by atoms with Crippen LogP contribution in [0.25, 0.3) is 5.57 Å². The number of cyclic esters (lactones) is 2. The zero-order valence-electron chi connectivity index (χ0n) is 9.74. The minimum atomic E-state index is -0.507. The first-order chi connectivity index (χ1) is 8.00. The highest BCUT2D eigenvalue weighted by molar-refractivity contribution is 6.31. The molecule has 0 radical (unpaired) electrons. The summed E-state index contributed by atoms with van der Waals surface area (Å²) in [7, 11) is 0. The van der Waals surface area contributed by atoms with Crippen LogP contribution in [-0.2, 0) is 19.7 Å². The second-order valence-corrected chi connectivity index (χ2v) is 5.14. The first-order valence-corrected chi connectivity index (χ1v) is 5.60.